The summed E-state index contributed by atoms with van der Waals surface area (Å²) in [6.45, 7) is 4.82. The van der Waals surface area contributed by atoms with Gasteiger partial charge in [0.15, 0.2) is 5.96 Å². The van der Waals surface area contributed by atoms with E-state index in [0.717, 1.165) is 35.3 Å². The first-order valence-electron chi connectivity index (χ1n) is 10.1. The summed E-state index contributed by atoms with van der Waals surface area (Å²) in [7, 11) is 7.46. The van der Waals surface area contributed by atoms with Gasteiger partial charge in [-0.3, -0.25) is 4.99 Å². The predicted octanol–water partition coefficient (Wildman–Crippen LogP) is 2.77. The van der Waals surface area contributed by atoms with Gasteiger partial charge in [0, 0.05) is 26.2 Å². The Hall–Kier alpha value is -2.93. The molecule has 0 radical (unpaired) electrons. The Labute approximate surface area is 180 Å². The highest BCUT2D eigenvalue weighted by Gasteiger charge is 2.07. The third-order valence-corrected chi connectivity index (χ3v) is 4.32. The molecule has 30 heavy (non-hydrogen) atoms. The Balaban J connectivity index is 1.77. The highest BCUT2D eigenvalue weighted by Crippen LogP contribution is 2.19. The minimum absolute atomic E-state index is 0.0379. The minimum atomic E-state index is -0.0379. The molecule has 2 aromatic carbocycles. The van der Waals surface area contributed by atoms with Crippen molar-refractivity contribution in [2.75, 3.05) is 47.9 Å². The number of hydrogen-bond acceptors (Lipinski definition) is 5. The lowest BCUT2D eigenvalue weighted by Gasteiger charge is -2.18. The molecule has 0 bridgehead atoms. The number of methoxy groups -OCH3 is 1. The van der Waals surface area contributed by atoms with E-state index in [0.29, 0.717) is 19.7 Å². The smallest absolute Gasteiger partial charge is 0.191 e. The third kappa shape index (κ3) is 8.61. The van der Waals surface area contributed by atoms with Gasteiger partial charge < -0.3 is 29.7 Å². The molecule has 0 spiro atoms. The Kier molecular flexibility index (Phi) is 9.80. The van der Waals surface area contributed by atoms with Crippen LogP contribution in [0.25, 0.3) is 0 Å². The van der Waals surface area contributed by atoms with Crippen LogP contribution in [0.4, 0.5) is 0 Å². The van der Waals surface area contributed by atoms with Crippen molar-refractivity contribution in [2.45, 2.75) is 19.6 Å². The summed E-state index contributed by atoms with van der Waals surface area (Å²) in [5.74, 6) is 3.14. The largest absolute Gasteiger partial charge is 0.497 e. The van der Waals surface area contributed by atoms with E-state index in [1.54, 1.807) is 14.2 Å². The van der Waals surface area contributed by atoms with Gasteiger partial charge in [-0.25, -0.2) is 0 Å². The summed E-state index contributed by atoms with van der Waals surface area (Å²) in [4.78, 5) is 6.38. The summed E-state index contributed by atoms with van der Waals surface area (Å²) < 4.78 is 17.0. The number of ether oxygens (including phenoxy) is 3. The molecule has 0 aromatic heterocycles. The zero-order valence-corrected chi connectivity index (χ0v) is 18.6. The molecule has 0 saturated heterocycles. The lowest BCUT2D eigenvalue weighted by molar-refractivity contribution is 0.223. The molecule has 2 N–H and O–H groups in total. The van der Waals surface area contributed by atoms with E-state index in [1.165, 1.54) is 0 Å². The molecule has 0 saturated carbocycles. The molecule has 0 aliphatic rings. The van der Waals surface area contributed by atoms with Crippen LogP contribution in [0.3, 0.4) is 0 Å². The van der Waals surface area contributed by atoms with Crippen LogP contribution in [0, 0.1) is 0 Å². The van der Waals surface area contributed by atoms with Crippen LogP contribution in [-0.2, 0) is 6.54 Å². The lowest BCUT2D eigenvalue weighted by atomic mass is 10.2. The van der Waals surface area contributed by atoms with Crippen LogP contribution < -0.4 is 24.8 Å². The lowest BCUT2D eigenvalue weighted by Crippen LogP contribution is -2.41. The normalized spacial score (nSPS) is 12.4. The fraction of sp³-hybridized carbons (Fsp3) is 0.435. The SMILES string of the molecule is CN=C(NCc1cccc(OCCN(C)C)c1)NCC(C)Oc1cccc(OC)c1. The molecule has 1 unspecified atom stereocenters. The third-order valence-electron chi connectivity index (χ3n) is 4.32. The second kappa shape index (κ2) is 12.6. The van der Waals surface area contributed by atoms with Crippen molar-refractivity contribution < 1.29 is 14.2 Å². The van der Waals surface area contributed by atoms with E-state index in [1.807, 2.05) is 63.5 Å². The highest BCUT2D eigenvalue weighted by atomic mass is 16.5. The van der Waals surface area contributed by atoms with Crippen LogP contribution >= 0.6 is 0 Å². The van der Waals surface area contributed by atoms with Gasteiger partial charge in [-0.1, -0.05) is 18.2 Å². The van der Waals surface area contributed by atoms with Crippen LogP contribution in [0.2, 0.25) is 0 Å². The molecule has 2 aromatic rings. The van der Waals surface area contributed by atoms with E-state index in [4.69, 9.17) is 14.2 Å². The zero-order valence-electron chi connectivity index (χ0n) is 18.6. The molecule has 164 valence electrons. The topological polar surface area (TPSA) is 67.4 Å². The van der Waals surface area contributed by atoms with E-state index in [9.17, 15) is 0 Å². The number of rotatable bonds is 11. The van der Waals surface area contributed by atoms with Crippen molar-refractivity contribution >= 4 is 5.96 Å². The van der Waals surface area contributed by atoms with Crippen molar-refractivity contribution in [3.05, 3.63) is 54.1 Å². The van der Waals surface area contributed by atoms with E-state index < -0.39 is 0 Å². The number of guanidine groups is 1. The fourth-order valence-corrected chi connectivity index (χ4v) is 2.69. The minimum Gasteiger partial charge on any atom is -0.497 e. The summed E-state index contributed by atoms with van der Waals surface area (Å²) in [5.41, 5.74) is 1.13. The Morgan fingerprint density at radius 3 is 2.50 bits per heavy atom. The molecule has 0 aliphatic heterocycles. The monoisotopic (exact) mass is 414 g/mol. The molecule has 0 aliphatic carbocycles. The molecule has 2 rings (SSSR count). The van der Waals surface area contributed by atoms with E-state index >= 15 is 0 Å². The molecule has 0 heterocycles. The standard InChI is InChI=1S/C23H34N4O3/c1-18(30-22-11-7-9-20(15-22)28-5)16-25-23(24-2)26-17-19-8-6-10-21(14-19)29-13-12-27(3)4/h6-11,14-15,18H,12-13,16-17H2,1-5H3,(H2,24,25,26). The van der Waals surface area contributed by atoms with Crippen LogP contribution in [0.15, 0.2) is 53.5 Å². The molecular weight excluding hydrogens is 380 g/mol. The van der Waals surface area contributed by atoms with Crippen LogP contribution in [-0.4, -0.2) is 64.9 Å². The molecule has 7 nitrogen and oxygen atoms in total. The highest BCUT2D eigenvalue weighted by molar-refractivity contribution is 5.79. The first-order chi connectivity index (χ1) is 14.5. The number of nitrogens with zero attached hydrogens (tertiary/aromatic N) is 2. The maximum Gasteiger partial charge on any atom is 0.191 e. The van der Waals surface area contributed by atoms with E-state index in [2.05, 4.69) is 26.6 Å². The fourth-order valence-electron chi connectivity index (χ4n) is 2.69. The molecule has 7 heteroatoms. The van der Waals surface area contributed by atoms with Gasteiger partial charge in [0.25, 0.3) is 0 Å². The Bertz CT molecular complexity index is 796. The Morgan fingerprint density at radius 2 is 1.77 bits per heavy atom. The zero-order chi connectivity index (χ0) is 21.8. The average molecular weight is 415 g/mol. The summed E-state index contributed by atoms with van der Waals surface area (Å²) >= 11 is 0. The van der Waals surface area contributed by atoms with Gasteiger partial charge in [0.2, 0.25) is 0 Å². The first-order valence-corrected chi connectivity index (χ1v) is 10.1. The summed E-state index contributed by atoms with van der Waals surface area (Å²) in [6.07, 6.45) is -0.0379. The van der Waals surface area contributed by atoms with Crippen LogP contribution in [0.5, 0.6) is 17.2 Å². The van der Waals surface area contributed by atoms with Gasteiger partial charge in [-0.05, 0) is 50.8 Å². The summed E-state index contributed by atoms with van der Waals surface area (Å²) in [5, 5.41) is 6.62. The summed E-state index contributed by atoms with van der Waals surface area (Å²) in [6, 6.07) is 15.7. The number of nitrogens with one attached hydrogen (secondary N) is 2. The van der Waals surface area contributed by atoms with Gasteiger partial charge in [-0.2, -0.15) is 0 Å². The number of aliphatic imine (C=N–C) groups is 1. The molecule has 0 amide bonds. The molecular formula is C23H34N4O3. The van der Waals surface area contributed by atoms with Crippen molar-refractivity contribution in [2.24, 2.45) is 4.99 Å². The predicted molar refractivity (Wildman–Crippen MR) is 122 cm³/mol. The average Bonchev–Trinajstić information content (AvgIpc) is 2.74. The molecule has 0 fully saturated rings. The quantitative estimate of drug-likeness (QED) is 0.435. The van der Waals surface area contributed by atoms with Gasteiger partial charge in [-0.15, -0.1) is 0 Å². The van der Waals surface area contributed by atoms with Crippen LogP contribution in [0.1, 0.15) is 12.5 Å². The van der Waals surface area contributed by atoms with Crippen molar-refractivity contribution in [1.82, 2.24) is 15.5 Å². The number of likely N-dealkylation sites (N-methyl/N-ethyl adjacent to an activating group) is 1. The van der Waals surface area contributed by atoms with Gasteiger partial charge in [0.1, 0.15) is 30.0 Å². The Morgan fingerprint density at radius 1 is 1.03 bits per heavy atom. The number of hydrogen-bond donors (Lipinski definition) is 2. The maximum absolute atomic E-state index is 5.94. The molecule has 1 atom stereocenters. The van der Waals surface area contributed by atoms with Gasteiger partial charge >= 0.3 is 0 Å². The van der Waals surface area contributed by atoms with Crippen molar-refractivity contribution in [1.29, 1.82) is 0 Å². The number of benzene rings is 2. The first kappa shape index (κ1) is 23.3. The second-order valence-corrected chi connectivity index (χ2v) is 7.21. The van der Waals surface area contributed by atoms with Crippen molar-refractivity contribution in [3.63, 3.8) is 0 Å². The van der Waals surface area contributed by atoms with Crippen molar-refractivity contribution in [3.8, 4) is 17.2 Å². The van der Waals surface area contributed by atoms with E-state index in [-0.39, 0.29) is 6.10 Å². The van der Waals surface area contributed by atoms with Gasteiger partial charge in [0.05, 0.1) is 13.7 Å². The maximum atomic E-state index is 5.94. The second-order valence-electron chi connectivity index (χ2n) is 7.21.